The Kier molecular flexibility index (Phi) is 7.56. The summed E-state index contributed by atoms with van der Waals surface area (Å²) in [5, 5.41) is 16.4. The topological polar surface area (TPSA) is 98.9 Å². The van der Waals surface area contributed by atoms with Gasteiger partial charge in [-0.15, -0.1) is 0 Å². The van der Waals surface area contributed by atoms with E-state index in [1.165, 1.54) is 7.11 Å². The van der Waals surface area contributed by atoms with Crippen LogP contribution in [0.2, 0.25) is 5.02 Å². The lowest BCUT2D eigenvalue weighted by atomic mass is 9.96. The van der Waals surface area contributed by atoms with E-state index >= 15 is 0 Å². The standard InChI is InChI=1S/C33H31ClN4O5/c1-33(40)18-37(19-33)16-26-29(41-2)13-21(14-30(26)42-3)38-28-10-6-7-22(25(28)15-35-38)23-8-5-9-24(31(23)34)27-12-11-20(17-39)32(36-27)43-4/h5-15,17,40H,16,18-19H2,1-4H3. The fourth-order valence-electron chi connectivity index (χ4n) is 5.78. The second-order valence-electron chi connectivity index (χ2n) is 10.8. The molecule has 2 aromatic heterocycles. The molecule has 1 fully saturated rings. The number of hydrogen-bond acceptors (Lipinski definition) is 8. The van der Waals surface area contributed by atoms with E-state index in [0.717, 1.165) is 33.3 Å². The summed E-state index contributed by atoms with van der Waals surface area (Å²) in [6, 6.07) is 19.1. The molecule has 0 unspecified atom stereocenters. The lowest BCUT2D eigenvalue weighted by Gasteiger charge is -2.44. The lowest BCUT2D eigenvalue weighted by molar-refractivity contribution is -0.0875. The molecule has 1 aliphatic heterocycles. The van der Waals surface area contributed by atoms with E-state index < -0.39 is 5.60 Å². The van der Waals surface area contributed by atoms with Crippen molar-refractivity contribution in [1.29, 1.82) is 0 Å². The molecule has 1 saturated heterocycles. The second kappa shape index (κ2) is 11.3. The highest BCUT2D eigenvalue weighted by atomic mass is 35.5. The smallest absolute Gasteiger partial charge is 0.224 e. The van der Waals surface area contributed by atoms with E-state index in [1.54, 1.807) is 26.4 Å². The minimum atomic E-state index is -0.668. The summed E-state index contributed by atoms with van der Waals surface area (Å²) < 4.78 is 18.7. The molecule has 220 valence electrons. The third kappa shape index (κ3) is 5.20. The van der Waals surface area contributed by atoms with E-state index in [2.05, 4.69) is 9.88 Å². The van der Waals surface area contributed by atoms with E-state index in [-0.39, 0.29) is 5.88 Å². The number of halogens is 1. The van der Waals surface area contributed by atoms with Crippen LogP contribution in [0.3, 0.4) is 0 Å². The number of aliphatic hydroxyl groups is 1. The van der Waals surface area contributed by atoms with Gasteiger partial charge in [0.1, 0.15) is 11.5 Å². The summed E-state index contributed by atoms with van der Waals surface area (Å²) in [6.45, 7) is 3.61. The van der Waals surface area contributed by atoms with Crippen molar-refractivity contribution >= 4 is 28.8 Å². The molecular formula is C33H31ClN4O5. The molecule has 5 aromatic rings. The number of hydrogen-bond donors (Lipinski definition) is 1. The van der Waals surface area contributed by atoms with Crippen molar-refractivity contribution in [2.24, 2.45) is 0 Å². The van der Waals surface area contributed by atoms with Gasteiger partial charge in [0.2, 0.25) is 5.88 Å². The van der Waals surface area contributed by atoms with Crippen molar-refractivity contribution in [1.82, 2.24) is 19.7 Å². The number of carbonyl (C=O) groups excluding carboxylic acids is 1. The van der Waals surface area contributed by atoms with E-state index in [0.29, 0.717) is 59.3 Å². The molecule has 0 amide bonds. The maximum atomic E-state index is 11.4. The molecule has 3 heterocycles. The number of fused-ring (bicyclic) bond motifs is 1. The van der Waals surface area contributed by atoms with Gasteiger partial charge in [0.05, 0.1) is 66.2 Å². The van der Waals surface area contributed by atoms with Crippen LogP contribution < -0.4 is 14.2 Å². The Hall–Kier alpha value is -4.44. The second-order valence-corrected chi connectivity index (χ2v) is 11.2. The van der Waals surface area contributed by atoms with Gasteiger partial charge in [-0.25, -0.2) is 9.67 Å². The van der Waals surface area contributed by atoms with Gasteiger partial charge in [0.15, 0.2) is 6.29 Å². The predicted molar refractivity (Wildman–Crippen MR) is 166 cm³/mol. The van der Waals surface area contributed by atoms with Crippen LogP contribution in [0.25, 0.3) is 39.0 Å². The number of aromatic nitrogens is 3. The average Bonchev–Trinajstić information content (AvgIpc) is 3.44. The molecule has 0 spiro atoms. The molecule has 1 N–H and O–H groups in total. The number of benzene rings is 3. The summed E-state index contributed by atoms with van der Waals surface area (Å²) in [4.78, 5) is 18.0. The molecule has 0 aliphatic carbocycles. The molecule has 1 aliphatic rings. The van der Waals surface area contributed by atoms with Crippen LogP contribution in [-0.4, -0.2) is 71.1 Å². The molecule has 0 saturated carbocycles. The van der Waals surface area contributed by atoms with Crippen LogP contribution in [0, 0.1) is 0 Å². The summed E-state index contributed by atoms with van der Waals surface area (Å²) >= 11 is 7.01. The summed E-state index contributed by atoms with van der Waals surface area (Å²) in [7, 11) is 4.76. The number of methoxy groups -OCH3 is 3. The first-order chi connectivity index (χ1) is 20.8. The van der Waals surface area contributed by atoms with Gasteiger partial charge in [0, 0.05) is 48.3 Å². The summed E-state index contributed by atoms with van der Waals surface area (Å²) in [5.74, 6) is 1.60. The van der Waals surface area contributed by atoms with Crippen LogP contribution in [-0.2, 0) is 6.54 Å². The fourth-order valence-corrected chi connectivity index (χ4v) is 6.11. The lowest BCUT2D eigenvalue weighted by Crippen LogP contribution is -2.59. The monoisotopic (exact) mass is 598 g/mol. The number of likely N-dealkylation sites (tertiary alicyclic amines) is 1. The van der Waals surface area contributed by atoms with Gasteiger partial charge in [0.25, 0.3) is 0 Å². The van der Waals surface area contributed by atoms with Gasteiger partial charge in [-0.1, -0.05) is 41.9 Å². The van der Waals surface area contributed by atoms with Crippen molar-refractivity contribution < 1.29 is 24.1 Å². The largest absolute Gasteiger partial charge is 0.496 e. The minimum absolute atomic E-state index is 0.242. The Morgan fingerprint density at radius 3 is 2.28 bits per heavy atom. The van der Waals surface area contributed by atoms with Gasteiger partial charge in [-0.2, -0.15) is 5.10 Å². The van der Waals surface area contributed by atoms with E-state index in [1.807, 2.05) is 66.3 Å². The third-order valence-corrected chi connectivity index (χ3v) is 8.14. The maximum absolute atomic E-state index is 11.4. The molecule has 0 radical (unpaired) electrons. The molecule has 0 atom stereocenters. The third-order valence-electron chi connectivity index (χ3n) is 7.74. The van der Waals surface area contributed by atoms with Gasteiger partial charge < -0.3 is 19.3 Å². The molecular weight excluding hydrogens is 568 g/mol. The molecule has 9 nitrogen and oxygen atoms in total. The summed E-state index contributed by atoms with van der Waals surface area (Å²) in [5.41, 5.74) is 5.32. The number of β-amino-alcohol motifs (C(OH)–C–C–N with tert-alkyl or cyclic N) is 1. The first-order valence-electron chi connectivity index (χ1n) is 13.7. The molecule has 43 heavy (non-hydrogen) atoms. The Morgan fingerprint density at radius 1 is 0.953 bits per heavy atom. The highest BCUT2D eigenvalue weighted by Gasteiger charge is 2.37. The fraction of sp³-hybridized carbons (Fsp3) is 0.242. The minimum Gasteiger partial charge on any atom is -0.496 e. The SMILES string of the molecule is COc1cc(-n2ncc3c(-c4cccc(-c5ccc(C=O)c(OC)n5)c4Cl)cccc32)cc(OC)c1CN1CC(C)(O)C1. The quantitative estimate of drug-likeness (QED) is 0.212. The Labute approximate surface area is 254 Å². The number of rotatable bonds is 9. The van der Waals surface area contributed by atoms with Crippen molar-refractivity contribution in [3.8, 4) is 45.5 Å². The van der Waals surface area contributed by atoms with Crippen molar-refractivity contribution in [2.75, 3.05) is 34.4 Å². The molecule has 10 heteroatoms. The zero-order valence-corrected chi connectivity index (χ0v) is 25.1. The average molecular weight is 599 g/mol. The van der Waals surface area contributed by atoms with E-state index in [9.17, 15) is 9.90 Å². The number of ether oxygens (including phenoxy) is 3. The van der Waals surface area contributed by atoms with Gasteiger partial charge in [-0.05, 0) is 30.7 Å². The molecule has 0 bridgehead atoms. The van der Waals surface area contributed by atoms with Crippen LogP contribution >= 0.6 is 11.6 Å². The van der Waals surface area contributed by atoms with Gasteiger partial charge in [-0.3, -0.25) is 9.69 Å². The first kappa shape index (κ1) is 28.7. The predicted octanol–water partition coefficient (Wildman–Crippen LogP) is 5.81. The van der Waals surface area contributed by atoms with Crippen molar-refractivity contribution in [2.45, 2.75) is 19.1 Å². The zero-order valence-electron chi connectivity index (χ0n) is 24.3. The highest BCUT2D eigenvalue weighted by Crippen LogP contribution is 2.41. The number of nitrogens with zero attached hydrogens (tertiary/aromatic N) is 4. The van der Waals surface area contributed by atoms with Crippen molar-refractivity contribution in [3.63, 3.8) is 0 Å². The van der Waals surface area contributed by atoms with Crippen LogP contribution in [0.1, 0.15) is 22.8 Å². The van der Waals surface area contributed by atoms with Crippen LogP contribution in [0.4, 0.5) is 0 Å². The van der Waals surface area contributed by atoms with Crippen LogP contribution in [0.5, 0.6) is 17.4 Å². The number of pyridine rings is 1. The normalized spacial score (nSPS) is 14.4. The number of aldehydes is 1. The summed E-state index contributed by atoms with van der Waals surface area (Å²) in [6.07, 6.45) is 2.53. The number of carbonyl (C=O) groups is 1. The Bertz CT molecular complexity index is 1820. The Morgan fingerprint density at radius 2 is 1.63 bits per heavy atom. The molecule has 6 rings (SSSR count). The van der Waals surface area contributed by atoms with Crippen molar-refractivity contribution in [3.05, 3.63) is 83.0 Å². The molecule has 3 aromatic carbocycles. The Balaban J connectivity index is 1.41. The maximum Gasteiger partial charge on any atom is 0.224 e. The zero-order chi connectivity index (χ0) is 30.3. The van der Waals surface area contributed by atoms with Gasteiger partial charge >= 0.3 is 0 Å². The highest BCUT2D eigenvalue weighted by molar-refractivity contribution is 6.36. The first-order valence-corrected chi connectivity index (χ1v) is 14.1. The van der Waals surface area contributed by atoms with E-state index in [4.69, 9.17) is 30.9 Å². The van der Waals surface area contributed by atoms with Crippen LogP contribution in [0.15, 0.2) is 66.9 Å².